The lowest BCUT2D eigenvalue weighted by molar-refractivity contribution is 0.0855. The van der Waals surface area contributed by atoms with Gasteiger partial charge in [-0.1, -0.05) is 35.3 Å². The van der Waals surface area contributed by atoms with E-state index in [1.54, 1.807) is 36.5 Å². The quantitative estimate of drug-likeness (QED) is 0.253. The Morgan fingerprint density at radius 1 is 1.13 bits per heavy atom. The molecule has 1 aliphatic rings. The lowest BCUT2D eigenvalue weighted by Gasteiger charge is -2.29. The molecule has 38 heavy (non-hydrogen) atoms. The Morgan fingerprint density at radius 2 is 1.82 bits per heavy atom. The van der Waals surface area contributed by atoms with Gasteiger partial charge in [0.05, 0.1) is 27.5 Å². The molecule has 0 saturated carbocycles. The summed E-state index contributed by atoms with van der Waals surface area (Å²) in [5.41, 5.74) is 8.08. The van der Waals surface area contributed by atoms with Crippen LogP contribution in [0.2, 0.25) is 10.0 Å². The smallest absolute Gasteiger partial charge is 0.233 e. The van der Waals surface area contributed by atoms with Gasteiger partial charge in [-0.15, -0.1) is 0 Å². The third-order valence-electron chi connectivity index (χ3n) is 6.40. The number of aliphatic hydroxyl groups excluding tert-OH is 1. The number of anilines is 2. The van der Waals surface area contributed by atoms with Gasteiger partial charge in [-0.3, -0.25) is 9.52 Å². The molecule has 1 fully saturated rings. The first-order valence-corrected chi connectivity index (χ1v) is 14.4. The Kier molecular flexibility index (Phi) is 8.89. The Hall–Kier alpha value is -2.76. The summed E-state index contributed by atoms with van der Waals surface area (Å²) in [5, 5.41) is 9.28. The Balaban J connectivity index is 1.43. The van der Waals surface area contributed by atoms with Crippen molar-refractivity contribution in [2.75, 3.05) is 35.8 Å². The van der Waals surface area contributed by atoms with Gasteiger partial charge in [0.1, 0.15) is 11.6 Å². The molecule has 1 saturated heterocycles. The van der Waals surface area contributed by atoms with Crippen molar-refractivity contribution >= 4 is 50.5 Å². The number of sulfonamides is 1. The zero-order valence-corrected chi connectivity index (χ0v) is 22.7. The first kappa shape index (κ1) is 28.3. The number of halogens is 3. The predicted molar refractivity (Wildman–Crippen MR) is 148 cm³/mol. The van der Waals surface area contributed by atoms with Crippen molar-refractivity contribution in [3.8, 4) is 11.1 Å². The number of benzene rings is 2. The van der Waals surface area contributed by atoms with Crippen molar-refractivity contribution in [2.24, 2.45) is 0 Å². The number of hydrogen-bond donors (Lipinski definition) is 3. The predicted octanol–water partition coefficient (Wildman–Crippen LogP) is 4.40. The van der Waals surface area contributed by atoms with E-state index in [0.717, 1.165) is 11.6 Å². The van der Waals surface area contributed by atoms with E-state index in [1.807, 2.05) is 4.90 Å². The van der Waals surface area contributed by atoms with E-state index in [2.05, 4.69) is 9.71 Å². The standard InChI is InChI=1S/C26H27Cl2FN4O4S/c27-21-5-6-22(29)25(28)24(21)23(35)14-17-13-18(15-31-26(17)30)16-1-3-19(4-2-16)32-38(36,37)12-11-33-9-7-20(34)8-10-33/h1-6,13,15,20,32,34H,7-12,14H2,(H2,30,31). The lowest BCUT2D eigenvalue weighted by atomic mass is 9.99. The highest BCUT2D eigenvalue weighted by Crippen LogP contribution is 2.30. The summed E-state index contributed by atoms with van der Waals surface area (Å²) in [6, 6.07) is 10.8. The lowest BCUT2D eigenvalue weighted by Crippen LogP contribution is -2.39. The number of nitrogens with one attached hydrogen (secondary N) is 1. The molecule has 0 bridgehead atoms. The second kappa shape index (κ2) is 12.0. The second-order valence-electron chi connectivity index (χ2n) is 9.16. The molecule has 202 valence electrons. The molecule has 0 spiro atoms. The van der Waals surface area contributed by atoms with Crippen LogP contribution in [0.15, 0.2) is 48.7 Å². The molecule has 0 radical (unpaired) electrons. The Labute approximate surface area is 230 Å². The van der Waals surface area contributed by atoms with Crippen molar-refractivity contribution in [1.82, 2.24) is 9.88 Å². The number of pyridine rings is 1. The highest BCUT2D eigenvalue weighted by Gasteiger charge is 2.21. The largest absolute Gasteiger partial charge is 0.393 e. The molecule has 2 aromatic carbocycles. The van der Waals surface area contributed by atoms with E-state index in [-0.39, 0.29) is 39.7 Å². The summed E-state index contributed by atoms with van der Waals surface area (Å²) in [7, 11) is -3.56. The minimum absolute atomic E-state index is 0.0388. The molecule has 4 N–H and O–H groups in total. The van der Waals surface area contributed by atoms with E-state index in [9.17, 15) is 22.7 Å². The molecule has 0 aliphatic carbocycles. The highest BCUT2D eigenvalue weighted by molar-refractivity contribution is 7.92. The number of aliphatic hydroxyl groups is 1. The van der Waals surface area contributed by atoms with Crippen LogP contribution in [0.3, 0.4) is 0 Å². The van der Waals surface area contributed by atoms with Gasteiger partial charge in [-0.25, -0.2) is 17.8 Å². The van der Waals surface area contributed by atoms with E-state index in [4.69, 9.17) is 28.9 Å². The number of carbonyl (C=O) groups is 1. The molecule has 3 aromatic rings. The summed E-state index contributed by atoms with van der Waals surface area (Å²) < 4.78 is 41.5. The van der Waals surface area contributed by atoms with Crippen molar-refractivity contribution < 1.29 is 22.7 Å². The number of aromatic nitrogens is 1. The fourth-order valence-corrected chi connectivity index (χ4v) is 5.90. The summed E-state index contributed by atoms with van der Waals surface area (Å²) >= 11 is 12.0. The molecule has 8 nitrogen and oxygen atoms in total. The van der Waals surface area contributed by atoms with E-state index >= 15 is 0 Å². The number of rotatable bonds is 9. The Morgan fingerprint density at radius 3 is 2.50 bits per heavy atom. The molecule has 0 amide bonds. The number of carbonyl (C=O) groups excluding carboxylic acids is 1. The average molecular weight is 581 g/mol. The number of Topliss-reactive ketones (excluding diaryl/α,β-unsaturated/α-hetero) is 1. The molecule has 4 rings (SSSR count). The van der Waals surface area contributed by atoms with Gasteiger partial charge >= 0.3 is 0 Å². The van der Waals surface area contributed by atoms with Crippen LogP contribution < -0.4 is 10.5 Å². The molecule has 0 atom stereocenters. The fourth-order valence-electron chi connectivity index (χ4n) is 4.22. The zero-order valence-electron chi connectivity index (χ0n) is 20.3. The van der Waals surface area contributed by atoms with Gasteiger partial charge in [-0.05, 0) is 48.7 Å². The van der Waals surface area contributed by atoms with Crippen LogP contribution in [-0.2, 0) is 16.4 Å². The molecule has 0 unspecified atom stereocenters. The number of likely N-dealkylation sites (tertiary alicyclic amines) is 1. The third kappa shape index (κ3) is 7.00. The monoisotopic (exact) mass is 580 g/mol. The van der Waals surface area contributed by atoms with E-state index in [1.165, 1.54) is 6.07 Å². The normalized spacial score (nSPS) is 14.9. The maximum atomic E-state index is 13.9. The number of nitrogens with zero attached hydrogens (tertiary/aromatic N) is 2. The fraction of sp³-hybridized carbons (Fsp3) is 0.308. The summed E-state index contributed by atoms with van der Waals surface area (Å²) in [4.78, 5) is 19.1. The number of hydrogen-bond acceptors (Lipinski definition) is 7. The summed E-state index contributed by atoms with van der Waals surface area (Å²) in [6.07, 6.45) is 2.34. The topological polar surface area (TPSA) is 126 Å². The highest BCUT2D eigenvalue weighted by atomic mass is 35.5. The maximum Gasteiger partial charge on any atom is 0.233 e. The van der Waals surface area contributed by atoms with Crippen LogP contribution in [0.5, 0.6) is 0 Å². The number of nitrogens with two attached hydrogens (primary N) is 1. The maximum absolute atomic E-state index is 13.9. The van der Waals surface area contributed by atoms with Gasteiger partial charge in [-0.2, -0.15) is 0 Å². The minimum atomic E-state index is -3.56. The third-order valence-corrected chi connectivity index (χ3v) is 8.35. The van der Waals surface area contributed by atoms with Crippen molar-refractivity contribution in [3.63, 3.8) is 0 Å². The van der Waals surface area contributed by atoms with E-state index in [0.29, 0.717) is 49.3 Å². The number of nitrogen functional groups attached to an aromatic ring is 1. The first-order chi connectivity index (χ1) is 18.0. The molecule has 12 heteroatoms. The molecular formula is C26H27Cl2FN4O4S. The van der Waals surface area contributed by atoms with Crippen LogP contribution >= 0.6 is 23.2 Å². The van der Waals surface area contributed by atoms with Crippen LogP contribution in [0.1, 0.15) is 28.8 Å². The average Bonchev–Trinajstić information content (AvgIpc) is 2.88. The van der Waals surface area contributed by atoms with Crippen molar-refractivity contribution in [1.29, 1.82) is 0 Å². The zero-order chi connectivity index (χ0) is 27.4. The van der Waals surface area contributed by atoms with Crippen LogP contribution in [0.25, 0.3) is 11.1 Å². The first-order valence-electron chi connectivity index (χ1n) is 11.9. The Bertz CT molecular complexity index is 1430. The SMILES string of the molecule is Nc1ncc(-c2ccc(NS(=O)(=O)CCN3CCC(O)CC3)cc2)cc1CC(=O)c1c(Cl)ccc(F)c1Cl. The van der Waals surface area contributed by atoms with Gasteiger partial charge in [0.2, 0.25) is 10.0 Å². The van der Waals surface area contributed by atoms with Gasteiger partial charge < -0.3 is 15.7 Å². The molecular weight excluding hydrogens is 554 g/mol. The van der Waals surface area contributed by atoms with Crippen LogP contribution in [-0.4, -0.2) is 60.7 Å². The number of ketones is 1. The molecule has 2 heterocycles. The van der Waals surface area contributed by atoms with Crippen molar-refractivity contribution in [2.45, 2.75) is 25.4 Å². The molecule has 1 aliphatic heterocycles. The molecule has 1 aromatic heterocycles. The number of piperidine rings is 1. The van der Waals surface area contributed by atoms with Crippen molar-refractivity contribution in [3.05, 3.63) is 75.7 Å². The van der Waals surface area contributed by atoms with Crippen LogP contribution in [0, 0.1) is 5.82 Å². The van der Waals surface area contributed by atoms with E-state index < -0.39 is 21.6 Å². The summed E-state index contributed by atoms with van der Waals surface area (Å²) in [5.74, 6) is -1.17. The van der Waals surface area contributed by atoms with Gasteiger partial charge in [0.25, 0.3) is 0 Å². The van der Waals surface area contributed by atoms with Gasteiger partial charge in [0.15, 0.2) is 5.78 Å². The van der Waals surface area contributed by atoms with Crippen LogP contribution in [0.4, 0.5) is 15.9 Å². The summed E-state index contributed by atoms with van der Waals surface area (Å²) in [6.45, 7) is 1.75. The second-order valence-corrected chi connectivity index (χ2v) is 11.8. The minimum Gasteiger partial charge on any atom is -0.393 e. The van der Waals surface area contributed by atoms with Gasteiger partial charge in [0, 0.05) is 49.1 Å².